The van der Waals surface area contributed by atoms with Crippen LogP contribution in [0.3, 0.4) is 0 Å². The molecule has 19 heavy (non-hydrogen) atoms. The SMILES string of the molecule is CC(C)C(=O)NNC(=O)c1ccc(C(F)(F)F)cc1. The van der Waals surface area contributed by atoms with Gasteiger partial charge in [0.25, 0.3) is 5.91 Å². The summed E-state index contributed by atoms with van der Waals surface area (Å²) in [7, 11) is 0. The number of halogens is 3. The zero-order valence-electron chi connectivity index (χ0n) is 10.3. The molecule has 1 aromatic carbocycles. The molecule has 2 amide bonds. The summed E-state index contributed by atoms with van der Waals surface area (Å²) in [6.45, 7) is 3.28. The topological polar surface area (TPSA) is 58.2 Å². The van der Waals surface area contributed by atoms with Crippen LogP contribution < -0.4 is 10.9 Å². The van der Waals surface area contributed by atoms with E-state index in [4.69, 9.17) is 0 Å². The molecule has 4 nitrogen and oxygen atoms in total. The van der Waals surface area contributed by atoms with Crippen LogP contribution in [0.15, 0.2) is 24.3 Å². The summed E-state index contributed by atoms with van der Waals surface area (Å²) in [6.07, 6.45) is -4.44. The van der Waals surface area contributed by atoms with Gasteiger partial charge in [-0.15, -0.1) is 0 Å². The van der Waals surface area contributed by atoms with Crippen molar-refractivity contribution < 1.29 is 22.8 Å². The average Bonchev–Trinajstić information content (AvgIpc) is 2.34. The van der Waals surface area contributed by atoms with Gasteiger partial charge in [-0.25, -0.2) is 0 Å². The van der Waals surface area contributed by atoms with Crippen LogP contribution >= 0.6 is 0 Å². The van der Waals surface area contributed by atoms with E-state index >= 15 is 0 Å². The first-order valence-electron chi connectivity index (χ1n) is 5.49. The van der Waals surface area contributed by atoms with E-state index in [1.807, 2.05) is 0 Å². The highest BCUT2D eigenvalue weighted by Gasteiger charge is 2.30. The van der Waals surface area contributed by atoms with Crippen LogP contribution in [0.25, 0.3) is 0 Å². The molecule has 1 rings (SSSR count). The van der Waals surface area contributed by atoms with Crippen LogP contribution in [0.5, 0.6) is 0 Å². The van der Waals surface area contributed by atoms with E-state index in [2.05, 4.69) is 10.9 Å². The lowest BCUT2D eigenvalue weighted by Gasteiger charge is -2.10. The van der Waals surface area contributed by atoms with Crippen molar-refractivity contribution in [3.63, 3.8) is 0 Å². The smallest absolute Gasteiger partial charge is 0.273 e. The van der Waals surface area contributed by atoms with Crippen molar-refractivity contribution in [2.45, 2.75) is 20.0 Å². The van der Waals surface area contributed by atoms with Crippen LogP contribution in [-0.2, 0) is 11.0 Å². The molecular weight excluding hydrogens is 261 g/mol. The molecule has 0 bridgehead atoms. The molecule has 0 heterocycles. The quantitative estimate of drug-likeness (QED) is 0.812. The van der Waals surface area contributed by atoms with E-state index < -0.39 is 17.6 Å². The molecule has 0 radical (unpaired) electrons. The van der Waals surface area contributed by atoms with E-state index in [1.54, 1.807) is 13.8 Å². The molecule has 0 aliphatic rings. The summed E-state index contributed by atoms with van der Waals surface area (Å²) < 4.78 is 36.9. The first-order valence-corrected chi connectivity index (χ1v) is 5.49. The van der Waals surface area contributed by atoms with E-state index in [-0.39, 0.29) is 17.4 Å². The van der Waals surface area contributed by atoms with Gasteiger partial charge >= 0.3 is 6.18 Å². The Labute approximate surface area is 108 Å². The van der Waals surface area contributed by atoms with Crippen LogP contribution in [0.4, 0.5) is 13.2 Å². The van der Waals surface area contributed by atoms with Crippen molar-refractivity contribution in [2.24, 2.45) is 5.92 Å². The van der Waals surface area contributed by atoms with Gasteiger partial charge in [-0.3, -0.25) is 20.4 Å². The number of benzene rings is 1. The van der Waals surface area contributed by atoms with Gasteiger partial charge in [0, 0.05) is 11.5 Å². The lowest BCUT2D eigenvalue weighted by atomic mass is 10.1. The average molecular weight is 274 g/mol. The fourth-order valence-electron chi connectivity index (χ4n) is 1.15. The van der Waals surface area contributed by atoms with E-state index in [1.165, 1.54) is 0 Å². The Hall–Kier alpha value is -2.05. The van der Waals surface area contributed by atoms with E-state index in [0.717, 1.165) is 24.3 Å². The lowest BCUT2D eigenvalue weighted by molar-refractivity contribution is -0.137. The number of nitrogens with one attached hydrogen (secondary N) is 2. The number of rotatable bonds is 2. The summed E-state index contributed by atoms with van der Waals surface area (Å²) in [6, 6.07) is 3.69. The molecule has 0 aromatic heterocycles. The Kier molecular flexibility index (Phi) is 4.52. The van der Waals surface area contributed by atoms with Crippen molar-refractivity contribution in [1.82, 2.24) is 10.9 Å². The molecule has 0 fully saturated rings. The van der Waals surface area contributed by atoms with Crippen LogP contribution in [0.2, 0.25) is 0 Å². The summed E-state index contributed by atoms with van der Waals surface area (Å²) in [5, 5.41) is 0. The van der Waals surface area contributed by atoms with Crippen molar-refractivity contribution in [1.29, 1.82) is 0 Å². The molecule has 0 saturated carbocycles. The van der Waals surface area contributed by atoms with Crippen LogP contribution in [0, 0.1) is 5.92 Å². The summed E-state index contributed by atoms with van der Waals surface area (Å²) in [5.41, 5.74) is 3.47. The van der Waals surface area contributed by atoms with Crippen LogP contribution in [-0.4, -0.2) is 11.8 Å². The van der Waals surface area contributed by atoms with Crippen LogP contribution in [0.1, 0.15) is 29.8 Å². The van der Waals surface area contributed by atoms with Crippen molar-refractivity contribution in [2.75, 3.05) is 0 Å². The maximum absolute atomic E-state index is 12.3. The maximum atomic E-state index is 12.3. The van der Waals surface area contributed by atoms with Gasteiger partial charge in [0.05, 0.1) is 5.56 Å². The predicted octanol–water partition coefficient (Wildman–Crippen LogP) is 2.12. The number of alkyl halides is 3. The Morgan fingerprint density at radius 3 is 2.00 bits per heavy atom. The molecule has 2 N–H and O–H groups in total. The molecule has 0 unspecified atom stereocenters. The highest BCUT2D eigenvalue weighted by molar-refractivity contribution is 5.95. The van der Waals surface area contributed by atoms with Gasteiger partial charge in [0.2, 0.25) is 5.91 Å². The molecule has 0 saturated heterocycles. The first-order chi connectivity index (χ1) is 8.71. The Bertz CT molecular complexity index is 467. The third-order valence-electron chi connectivity index (χ3n) is 2.30. The Morgan fingerprint density at radius 2 is 1.58 bits per heavy atom. The fourth-order valence-corrected chi connectivity index (χ4v) is 1.15. The second-order valence-electron chi connectivity index (χ2n) is 4.17. The predicted molar refractivity (Wildman–Crippen MR) is 61.9 cm³/mol. The van der Waals surface area contributed by atoms with E-state index in [0.29, 0.717) is 0 Å². The molecule has 104 valence electrons. The van der Waals surface area contributed by atoms with Gasteiger partial charge < -0.3 is 0 Å². The molecule has 7 heteroatoms. The van der Waals surface area contributed by atoms with Gasteiger partial charge in [0.1, 0.15) is 0 Å². The lowest BCUT2D eigenvalue weighted by Crippen LogP contribution is -2.43. The molecule has 0 aliphatic heterocycles. The largest absolute Gasteiger partial charge is 0.416 e. The molecule has 0 atom stereocenters. The number of amides is 2. The molecule has 0 aliphatic carbocycles. The fraction of sp³-hybridized carbons (Fsp3) is 0.333. The summed E-state index contributed by atoms with van der Waals surface area (Å²) >= 11 is 0. The zero-order valence-corrected chi connectivity index (χ0v) is 10.3. The minimum absolute atomic E-state index is 0.0251. The van der Waals surface area contributed by atoms with Gasteiger partial charge in [-0.1, -0.05) is 13.8 Å². The summed E-state index contributed by atoms with van der Waals surface area (Å²) in [5.74, 6) is -1.38. The zero-order chi connectivity index (χ0) is 14.6. The molecule has 0 spiro atoms. The summed E-state index contributed by atoms with van der Waals surface area (Å²) in [4.78, 5) is 22.7. The first kappa shape index (κ1) is 15.0. The third kappa shape index (κ3) is 4.27. The third-order valence-corrected chi connectivity index (χ3v) is 2.30. The second kappa shape index (κ2) is 5.73. The monoisotopic (exact) mass is 274 g/mol. The Balaban J connectivity index is 2.66. The van der Waals surface area contributed by atoms with Crippen molar-refractivity contribution >= 4 is 11.8 Å². The van der Waals surface area contributed by atoms with Gasteiger partial charge in [-0.2, -0.15) is 13.2 Å². The molecular formula is C12H13F3N2O2. The second-order valence-corrected chi connectivity index (χ2v) is 4.17. The maximum Gasteiger partial charge on any atom is 0.416 e. The minimum atomic E-state index is -4.44. The number of carbonyl (C=O) groups excluding carboxylic acids is 2. The highest BCUT2D eigenvalue weighted by atomic mass is 19.4. The van der Waals surface area contributed by atoms with Gasteiger partial charge in [0.15, 0.2) is 0 Å². The van der Waals surface area contributed by atoms with Crippen molar-refractivity contribution in [3.05, 3.63) is 35.4 Å². The van der Waals surface area contributed by atoms with Gasteiger partial charge in [-0.05, 0) is 24.3 Å². The number of hydrogen-bond donors (Lipinski definition) is 2. The highest BCUT2D eigenvalue weighted by Crippen LogP contribution is 2.28. The normalized spacial score (nSPS) is 11.3. The Morgan fingerprint density at radius 1 is 1.05 bits per heavy atom. The number of carbonyl (C=O) groups is 2. The van der Waals surface area contributed by atoms with Crippen molar-refractivity contribution in [3.8, 4) is 0 Å². The van der Waals surface area contributed by atoms with E-state index in [9.17, 15) is 22.8 Å². The minimum Gasteiger partial charge on any atom is -0.273 e. The standard InChI is InChI=1S/C12H13F3N2O2/c1-7(2)10(18)16-17-11(19)8-3-5-9(6-4-8)12(13,14)15/h3-7H,1-2H3,(H,16,18)(H,17,19). The number of hydrazine groups is 1. The number of hydrogen-bond acceptors (Lipinski definition) is 2. The molecule has 1 aromatic rings.